The number of aryl methyl sites for hydroxylation is 1. The van der Waals surface area contributed by atoms with Crippen LogP contribution in [0.4, 0.5) is 0 Å². The molecule has 0 spiro atoms. The van der Waals surface area contributed by atoms with E-state index in [4.69, 9.17) is 5.73 Å². The van der Waals surface area contributed by atoms with Crippen molar-refractivity contribution < 1.29 is 0 Å². The molecule has 2 aromatic heterocycles. The molecule has 2 N–H and O–H groups in total. The number of nitrogens with two attached hydrogens (primary N) is 1. The first kappa shape index (κ1) is 14.2. The van der Waals surface area contributed by atoms with Crippen LogP contribution in [0.5, 0.6) is 0 Å². The van der Waals surface area contributed by atoms with Crippen LogP contribution in [-0.2, 0) is 13.0 Å². The lowest BCUT2D eigenvalue weighted by Crippen LogP contribution is -2.29. The summed E-state index contributed by atoms with van der Waals surface area (Å²) in [4.78, 5) is 9.13. The molecular weight excluding hydrogens is 254 g/mol. The minimum Gasteiger partial charge on any atom is -0.329 e. The molecule has 0 saturated carbocycles. The molecule has 2 aromatic rings. The quantitative estimate of drug-likeness (QED) is 0.881. The van der Waals surface area contributed by atoms with Crippen LogP contribution in [0.15, 0.2) is 36.7 Å². The number of hydrogen-bond donors (Lipinski definition) is 1. The van der Waals surface area contributed by atoms with Gasteiger partial charge < -0.3 is 5.73 Å². The van der Waals surface area contributed by atoms with Gasteiger partial charge in [-0.25, -0.2) is 0 Å². The normalized spacial score (nSPS) is 12.8. The van der Waals surface area contributed by atoms with Crippen molar-refractivity contribution in [1.82, 2.24) is 9.88 Å². The van der Waals surface area contributed by atoms with E-state index in [1.165, 1.54) is 15.3 Å². The summed E-state index contributed by atoms with van der Waals surface area (Å²) in [7, 11) is 2.13. The molecule has 0 saturated heterocycles. The van der Waals surface area contributed by atoms with Crippen molar-refractivity contribution in [3.8, 4) is 0 Å². The van der Waals surface area contributed by atoms with Gasteiger partial charge >= 0.3 is 0 Å². The van der Waals surface area contributed by atoms with Gasteiger partial charge in [-0.2, -0.15) is 0 Å². The van der Waals surface area contributed by atoms with E-state index < -0.39 is 0 Å². The zero-order valence-corrected chi connectivity index (χ0v) is 12.4. The Morgan fingerprint density at radius 1 is 1.26 bits per heavy atom. The summed E-state index contributed by atoms with van der Waals surface area (Å²) in [5, 5.41) is 0. The third-order valence-electron chi connectivity index (χ3n) is 3.30. The Morgan fingerprint density at radius 3 is 2.58 bits per heavy atom. The lowest BCUT2D eigenvalue weighted by molar-refractivity contribution is 0.245. The van der Waals surface area contributed by atoms with Crippen molar-refractivity contribution in [2.75, 3.05) is 13.6 Å². The molecule has 1 unspecified atom stereocenters. The first-order valence-electron chi connectivity index (χ1n) is 6.62. The van der Waals surface area contributed by atoms with Gasteiger partial charge in [0, 0.05) is 35.2 Å². The van der Waals surface area contributed by atoms with E-state index in [0.29, 0.717) is 12.6 Å². The van der Waals surface area contributed by atoms with E-state index in [2.05, 4.69) is 48.1 Å². The highest BCUT2D eigenvalue weighted by Crippen LogP contribution is 2.27. The Labute approximate surface area is 119 Å². The van der Waals surface area contributed by atoms with Gasteiger partial charge in [0.2, 0.25) is 0 Å². The smallest absolute Gasteiger partial charge is 0.0564 e. The van der Waals surface area contributed by atoms with Crippen molar-refractivity contribution >= 4 is 11.3 Å². The van der Waals surface area contributed by atoms with Crippen molar-refractivity contribution in [3.05, 3.63) is 52.0 Å². The zero-order chi connectivity index (χ0) is 13.7. The molecule has 19 heavy (non-hydrogen) atoms. The first-order chi connectivity index (χ1) is 9.24. The molecule has 0 radical (unpaired) electrons. The fourth-order valence-corrected chi connectivity index (χ4v) is 3.29. The monoisotopic (exact) mass is 275 g/mol. The van der Waals surface area contributed by atoms with Crippen molar-refractivity contribution in [2.24, 2.45) is 5.73 Å². The van der Waals surface area contributed by atoms with Gasteiger partial charge in [0.1, 0.15) is 0 Å². The van der Waals surface area contributed by atoms with Gasteiger partial charge in [-0.15, -0.1) is 11.3 Å². The van der Waals surface area contributed by atoms with Crippen molar-refractivity contribution in [1.29, 1.82) is 0 Å². The van der Waals surface area contributed by atoms with E-state index in [9.17, 15) is 0 Å². The lowest BCUT2D eigenvalue weighted by atomic mass is 10.2. The van der Waals surface area contributed by atoms with Gasteiger partial charge in [-0.05, 0) is 43.3 Å². The lowest BCUT2D eigenvalue weighted by Gasteiger charge is -2.26. The molecule has 0 amide bonds. The summed E-state index contributed by atoms with van der Waals surface area (Å²) in [6, 6.07) is 8.82. The Morgan fingerprint density at radius 2 is 2.00 bits per heavy atom. The summed E-state index contributed by atoms with van der Waals surface area (Å²) in [6.45, 7) is 3.72. The highest BCUT2D eigenvalue weighted by atomic mass is 32.1. The molecule has 0 aliphatic heterocycles. The summed E-state index contributed by atoms with van der Waals surface area (Å²) in [6.07, 6.45) is 4.76. The van der Waals surface area contributed by atoms with Crippen LogP contribution in [0.3, 0.4) is 0 Å². The Hall–Kier alpha value is -1.23. The number of pyridine rings is 1. The van der Waals surface area contributed by atoms with Crippen LogP contribution in [0, 0.1) is 0 Å². The van der Waals surface area contributed by atoms with Gasteiger partial charge in [-0.3, -0.25) is 9.88 Å². The SMILES string of the molecule is CCc1ccc(C(CN)N(C)Cc2ccncc2)s1. The molecule has 0 aromatic carbocycles. The number of hydrogen-bond acceptors (Lipinski definition) is 4. The third-order valence-corrected chi connectivity index (χ3v) is 4.63. The second-order valence-corrected chi connectivity index (χ2v) is 5.88. The molecule has 0 fully saturated rings. The van der Waals surface area contributed by atoms with Gasteiger partial charge in [0.05, 0.1) is 6.04 Å². The third kappa shape index (κ3) is 3.62. The maximum absolute atomic E-state index is 5.96. The number of aromatic nitrogens is 1. The van der Waals surface area contributed by atoms with Crippen LogP contribution in [0.1, 0.15) is 28.3 Å². The number of thiophene rings is 1. The molecule has 3 nitrogen and oxygen atoms in total. The number of likely N-dealkylation sites (N-methyl/N-ethyl adjacent to an activating group) is 1. The highest BCUT2D eigenvalue weighted by Gasteiger charge is 2.17. The summed E-state index contributed by atoms with van der Waals surface area (Å²) < 4.78 is 0. The largest absolute Gasteiger partial charge is 0.329 e. The Kier molecular flexibility index (Phi) is 5.07. The standard InChI is InChI=1S/C15H21N3S/c1-3-13-4-5-15(19-13)14(10-16)18(2)11-12-6-8-17-9-7-12/h4-9,14H,3,10-11,16H2,1-2H3. The molecule has 1 atom stereocenters. The van der Waals surface area contributed by atoms with Crippen LogP contribution >= 0.6 is 11.3 Å². The van der Waals surface area contributed by atoms with E-state index in [-0.39, 0.29) is 0 Å². The minimum absolute atomic E-state index is 0.290. The first-order valence-corrected chi connectivity index (χ1v) is 7.44. The summed E-state index contributed by atoms with van der Waals surface area (Å²) in [5.74, 6) is 0. The number of rotatable bonds is 6. The summed E-state index contributed by atoms with van der Waals surface area (Å²) in [5.41, 5.74) is 7.23. The van der Waals surface area contributed by atoms with Crippen molar-refractivity contribution in [3.63, 3.8) is 0 Å². The molecule has 0 bridgehead atoms. The van der Waals surface area contributed by atoms with Crippen LogP contribution in [0.2, 0.25) is 0 Å². The average Bonchev–Trinajstić information content (AvgIpc) is 2.89. The van der Waals surface area contributed by atoms with E-state index in [0.717, 1.165) is 13.0 Å². The van der Waals surface area contributed by atoms with Crippen LogP contribution in [0.25, 0.3) is 0 Å². The predicted molar refractivity (Wildman–Crippen MR) is 81.2 cm³/mol. The molecule has 4 heteroatoms. The topological polar surface area (TPSA) is 42.1 Å². The molecule has 102 valence electrons. The van der Waals surface area contributed by atoms with Gasteiger partial charge in [0.15, 0.2) is 0 Å². The summed E-state index contributed by atoms with van der Waals surface area (Å²) >= 11 is 1.87. The Bertz CT molecular complexity index is 495. The predicted octanol–water partition coefficient (Wildman–Crippen LogP) is 2.84. The molecular formula is C15H21N3S. The van der Waals surface area contributed by atoms with Crippen LogP contribution in [-0.4, -0.2) is 23.5 Å². The fourth-order valence-electron chi connectivity index (χ4n) is 2.16. The van der Waals surface area contributed by atoms with E-state index in [1.54, 1.807) is 0 Å². The Balaban J connectivity index is 2.08. The van der Waals surface area contributed by atoms with E-state index in [1.807, 2.05) is 23.7 Å². The maximum Gasteiger partial charge on any atom is 0.0564 e. The van der Waals surface area contributed by atoms with Crippen LogP contribution < -0.4 is 5.73 Å². The second kappa shape index (κ2) is 6.80. The zero-order valence-electron chi connectivity index (χ0n) is 11.5. The molecule has 0 aliphatic rings. The average molecular weight is 275 g/mol. The highest BCUT2D eigenvalue weighted by molar-refractivity contribution is 7.12. The minimum atomic E-state index is 0.290. The fraction of sp³-hybridized carbons (Fsp3) is 0.400. The second-order valence-electron chi connectivity index (χ2n) is 4.68. The van der Waals surface area contributed by atoms with Crippen molar-refractivity contribution in [2.45, 2.75) is 25.9 Å². The van der Waals surface area contributed by atoms with Gasteiger partial charge in [-0.1, -0.05) is 6.92 Å². The number of nitrogens with zero attached hydrogens (tertiary/aromatic N) is 2. The molecule has 2 heterocycles. The molecule has 2 rings (SSSR count). The van der Waals surface area contributed by atoms with Gasteiger partial charge in [0.25, 0.3) is 0 Å². The maximum atomic E-state index is 5.96. The molecule has 0 aliphatic carbocycles. The van der Waals surface area contributed by atoms with E-state index >= 15 is 0 Å².